The molecular formula is C10H8ClNO. The molecule has 0 unspecified atom stereocenters. The first-order chi connectivity index (χ1) is 6.29. The number of halogens is 1. The quantitative estimate of drug-likeness (QED) is 0.677. The van der Waals surface area contributed by atoms with Gasteiger partial charge >= 0.3 is 0 Å². The number of nitriles is 1. The number of allylic oxidation sites excluding steroid dienone is 1. The lowest BCUT2D eigenvalue weighted by Crippen LogP contribution is -1.85. The van der Waals surface area contributed by atoms with E-state index in [1.165, 1.54) is 6.08 Å². The highest BCUT2D eigenvalue weighted by molar-refractivity contribution is 6.33. The molecule has 1 aromatic carbocycles. The Kier molecular flexibility index (Phi) is 3.36. The van der Waals surface area contributed by atoms with Crippen LogP contribution in [0.4, 0.5) is 0 Å². The van der Waals surface area contributed by atoms with Crippen LogP contribution < -0.4 is 4.74 Å². The lowest BCUT2D eigenvalue weighted by molar-refractivity contribution is 0.415. The number of rotatable bonds is 2. The number of methoxy groups -OCH3 is 1. The lowest BCUT2D eigenvalue weighted by atomic mass is 10.2. The minimum absolute atomic E-state index is 0.525. The van der Waals surface area contributed by atoms with Gasteiger partial charge in [0.05, 0.1) is 18.2 Å². The Balaban J connectivity index is 3.10. The van der Waals surface area contributed by atoms with Gasteiger partial charge in [0.25, 0.3) is 0 Å². The van der Waals surface area contributed by atoms with Gasteiger partial charge < -0.3 is 4.74 Å². The number of hydrogen-bond donors (Lipinski definition) is 0. The van der Waals surface area contributed by atoms with Crippen molar-refractivity contribution in [3.8, 4) is 11.8 Å². The summed E-state index contributed by atoms with van der Waals surface area (Å²) in [5.41, 5.74) is 0.780. The van der Waals surface area contributed by atoms with Gasteiger partial charge in [0, 0.05) is 6.08 Å². The zero-order valence-corrected chi connectivity index (χ0v) is 7.88. The molecule has 0 aliphatic rings. The van der Waals surface area contributed by atoms with Crippen LogP contribution in [0.5, 0.6) is 5.75 Å². The summed E-state index contributed by atoms with van der Waals surface area (Å²) in [4.78, 5) is 0. The second-order valence-electron chi connectivity index (χ2n) is 2.33. The minimum atomic E-state index is 0.525. The van der Waals surface area contributed by atoms with Crippen molar-refractivity contribution >= 4 is 17.7 Å². The van der Waals surface area contributed by atoms with E-state index in [1.54, 1.807) is 19.3 Å². The Morgan fingerprint density at radius 3 is 2.92 bits per heavy atom. The molecule has 0 saturated heterocycles. The van der Waals surface area contributed by atoms with Crippen LogP contribution in [0.15, 0.2) is 24.3 Å². The maximum atomic E-state index is 8.33. The molecule has 0 aromatic heterocycles. The van der Waals surface area contributed by atoms with Crippen molar-refractivity contribution in [2.45, 2.75) is 0 Å². The number of ether oxygens (including phenoxy) is 1. The van der Waals surface area contributed by atoms with Gasteiger partial charge in [-0.2, -0.15) is 5.26 Å². The summed E-state index contributed by atoms with van der Waals surface area (Å²) in [5.74, 6) is 0.613. The van der Waals surface area contributed by atoms with E-state index in [2.05, 4.69) is 0 Å². The van der Waals surface area contributed by atoms with E-state index in [0.717, 1.165) is 5.56 Å². The van der Waals surface area contributed by atoms with Crippen molar-refractivity contribution in [2.75, 3.05) is 7.11 Å². The van der Waals surface area contributed by atoms with Crippen LogP contribution in [0.1, 0.15) is 5.56 Å². The van der Waals surface area contributed by atoms with E-state index in [1.807, 2.05) is 18.2 Å². The summed E-state index contributed by atoms with van der Waals surface area (Å²) >= 11 is 5.96. The molecule has 0 aliphatic carbocycles. The molecule has 0 heterocycles. The third-order valence-electron chi connectivity index (χ3n) is 1.55. The van der Waals surface area contributed by atoms with E-state index < -0.39 is 0 Å². The van der Waals surface area contributed by atoms with Crippen LogP contribution in [0.2, 0.25) is 5.02 Å². The molecule has 0 radical (unpaired) electrons. The highest BCUT2D eigenvalue weighted by Gasteiger charge is 2.02. The van der Waals surface area contributed by atoms with Gasteiger partial charge in [0.15, 0.2) is 0 Å². The van der Waals surface area contributed by atoms with E-state index in [9.17, 15) is 0 Å². The Morgan fingerprint density at radius 1 is 1.54 bits per heavy atom. The summed E-state index contributed by atoms with van der Waals surface area (Å²) in [7, 11) is 1.55. The fourth-order valence-corrected chi connectivity index (χ4v) is 1.21. The summed E-state index contributed by atoms with van der Waals surface area (Å²) in [5, 5.41) is 8.86. The van der Waals surface area contributed by atoms with Crippen LogP contribution >= 0.6 is 11.6 Å². The largest absolute Gasteiger partial charge is 0.495 e. The smallest absolute Gasteiger partial charge is 0.138 e. The molecule has 0 N–H and O–H groups in total. The molecule has 0 fully saturated rings. The van der Waals surface area contributed by atoms with Gasteiger partial charge in [-0.1, -0.05) is 23.7 Å². The molecule has 13 heavy (non-hydrogen) atoms. The third kappa shape index (κ3) is 2.24. The zero-order chi connectivity index (χ0) is 9.68. The molecule has 1 rings (SSSR count). The van der Waals surface area contributed by atoms with E-state index in [-0.39, 0.29) is 0 Å². The minimum Gasteiger partial charge on any atom is -0.495 e. The Bertz CT molecular complexity index is 366. The van der Waals surface area contributed by atoms with Gasteiger partial charge in [-0.3, -0.25) is 0 Å². The predicted octanol–water partition coefficient (Wildman–Crippen LogP) is 2.89. The third-order valence-corrected chi connectivity index (χ3v) is 1.95. The zero-order valence-electron chi connectivity index (χ0n) is 7.12. The maximum absolute atomic E-state index is 8.33. The van der Waals surface area contributed by atoms with E-state index in [4.69, 9.17) is 21.6 Å². The Labute approximate surface area is 82.0 Å². The summed E-state index contributed by atoms with van der Waals surface area (Å²) < 4.78 is 5.02. The molecule has 2 nitrogen and oxygen atoms in total. The average Bonchev–Trinajstić information content (AvgIpc) is 2.16. The SMILES string of the molecule is COc1cccc(C=CC#N)c1Cl. The van der Waals surface area contributed by atoms with E-state index >= 15 is 0 Å². The monoisotopic (exact) mass is 193 g/mol. The molecule has 0 bridgehead atoms. The fourth-order valence-electron chi connectivity index (χ4n) is 0.941. The Hall–Kier alpha value is -1.46. The van der Waals surface area contributed by atoms with Crippen LogP contribution in [0.3, 0.4) is 0 Å². The maximum Gasteiger partial charge on any atom is 0.138 e. The van der Waals surface area contributed by atoms with Crippen LogP contribution in [-0.4, -0.2) is 7.11 Å². The van der Waals surface area contributed by atoms with Crippen molar-refractivity contribution < 1.29 is 4.74 Å². The molecular weight excluding hydrogens is 186 g/mol. The van der Waals surface area contributed by atoms with Crippen molar-refractivity contribution in [2.24, 2.45) is 0 Å². The molecule has 66 valence electrons. The first kappa shape index (κ1) is 9.63. The molecule has 0 spiro atoms. The summed E-state index contributed by atoms with van der Waals surface area (Å²) in [6.07, 6.45) is 3.02. The number of hydrogen-bond acceptors (Lipinski definition) is 2. The second kappa shape index (κ2) is 4.54. The van der Waals surface area contributed by atoms with E-state index in [0.29, 0.717) is 10.8 Å². The van der Waals surface area contributed by atoms with Crippen molar-refractivity contribution in [3.63, 3.8) is 0 Å². The topological polar surface area (TPSA) is 33.0 Å². The highest BCUT2D eigenvalue weighted by atomic mass is 35.5. The number of benzene rings is 1. The van der Waals surface area contributed by atoms with Crippen LogP contribution in [0, 0.1) is 11.3 Å². The van der Waals surface area contributed by atoms with Gasteiger partial charge in [-0.15, -0.1) is 0 Å². The normalized spacial score (nSPS) is 9.92. The number of nitrogens with zero attached hydrogens (tertiary/aromatic N) is 1. The standard InChI is InChI=1S/C10H8ClNO/c1-13-9-6-2-4-8(10(9)11)5-3-7-12/h2-6H,1H3. The molecule has 0 atom stereocenters. The average molecular weight is 194 g/mol. The van der Waals surface area contributed by atoms with Gasteiger partial charge in [0.2, 0.25) is 0 Å². The molecule has 0 saturated carbocycles. The van der Waals surface area contributed by atoms with Gasteiger partial charge in [-0.25, -0.2) is 0 Å². The lowest BCUT2D eigenvalue weighted by Gasteiger charge is -2.04. The van der Waals surface area contributed by atoms with Crippen LogP contribution in [-0.2, 0) is 0 Å². The fraction of sp³-hybridized carbons (Fsp3) is 0.100. The second-order valence-corrected chi connectivity index (χ2v) is 2.70. The van der Waals surface area contributed by atoms with Crippen molar-refractivity contribution in [1.29, 1.82) is 5.26 Å². The first-order valence-electron chi connectivity index (χ1n) is 3.68. The molecule has 0 amide bonds. The van der Waals surface area contributed by atoms with Crippen molar-refractivity contribution in [1.82, 2.24) is 0 Å². The van der Waals surface area contributed by atoms with Gasteiger partial charge in [-0.05, 0) is 17.7 Å². The summed E-state index contributed by atoms with van der Waals surface area (Å²) in [6, 6.07) is 7.31. The highest BCUT2D eigenvalue weighted by Crippen LogP contribution is 2.28. The predicted molar refractivity (Wildman–Crippen MR) is 52.7 cm³/mol. The van der Waals surface area contributed by atoms with Crippen molar-refractivity contribution in [3.05, 3.63) is 34.9 Å². The molecule has 3 heteroatoms. The van der Waals surface area contributed by atoms with Crippen LogP contribution in [0.25, 0.3) is 6.08 Å². The molecule has 1 aromatic rings. The summed E-state index contributed by atoms with van der Waals surface area (Å²) in [6.45, 7) is 0. The van der Waals surface area contributed by atoms with Gasteiger partial charge in [0.1, 0.15) is 5.75 Å². The molecule has 0 aliphatic heterocycles. The first-order valence-corrected chi connectivity index (χ1v) is 4.06. The Morgan fingerprint density at radius 2 is 2.31 bits per heavy atom.